The van der Waals surface area contributed by atoms with Crippen LogP contribution in [-0.4, -0.2) is 84.9 Å². The number of likely N-dealkylation sites (N-methyl/N-ethyl adjacent to an activating group) is 1. The minimum absolute atomic E-state index is 0.0169. The van der Waals surface area contributed by atoms with Crippen molar-refractivity contribution in [2.75, 3.05) is 47.8 Å². The molecule has 0 radical (unpaired) electrons. The standard InChI is InChI=1S/C28H58N3O6P/c1-6-7-8-9-10-11-12-13-14-15-16-17-18-19-20-21-23-30(28(33)29-2)24-22-26(32)27(25-31(3,4)5)37-38(34,35)36/h27H,6-25H2,1-5H3,(H2-,29,33,34,35,36)/p+1. The second kappa shape index (κ2) is 21.8. The van der Waals surface area contributed by atoms with E-state index in [2.05, 4.69) is 12.2 Å². The third-order valence-corrected chi connectivity index (χ3v) is 7.28. The number of Topliss-reactive ketones (excluding diaryl/α,β-unsaturated/α-hetero) is 1. The Hall–Kier alpha value is -0.990. The van der Waals surface area contributed by atoms with Gasteiger partial charge in [0.2, 0.25) is 0 Å². The summed E-state index contributed by atoms with van der Waals surface area (Å²) in [6, 6.07) is -0.252. The molecule has 0 saturated carbocycles. The average Bonchev–Trinajstić information content (AvgIpc) is 2.82. The topological polar surface area (TPSA) is 116 Å². The minimum atomic E-state index is -4.81. The zero-order valence-electron chi connectivity index (χ0n) is 25.1. The van der Waals surface area contributed by atoms with E-state index in [1.54, 1.807) is 11.9 Å². The number of nitrogens with zero attached hydrogens (tertiary/aromatic N) is 2. The molecule has 0 aliphatic heterocycles. The summed E-state index contributed by atoms with van der Waals surface area (Å²) >= 11 is 0. The number of rotatable bonds is 25. The van der Waals surface area contributed by atoms with Crippen molar-refractivity contribution in [3.8, 4) is 0 Å². The fourth-order valence-corrected chi connectivity index (χ4v) is 5.10. The van der Waals surface area contributed by atoms with Gasteiger partial charge in [-0.15, -0.1) is 0 Å². The Morgan fingerprint density at radius 1 is 0.789 bits per heavy atom. The molecule has 0 spiro atoms. The Kier molecular flexibility index (Phi) is 21.2. The highest BCUT2D eigenvalue weighted by Gasteiger charge is 2.32. The van der Waals surface area contributed by atoms with E-state index < -0.39 is 19.7 Å². The summed E-state index contributed by atoms with van der Waals surface area (Å²) in [6.45, 7) is 3.12. The fraction of sp³-hybridized carbons (Fsp3) is 0.929. The number of unbranched alkanes of at least 4 members (excludes halogenated alkanes) is 15. The molecule has 0 bridgehead atoms. The van der Waals surface area contributed by atoms with Gasteiger partial charge < -0.3 is 24.5 Å². The number of hydrogen-bond acceptors (Lipinski definition) is 4. The van der Waals surface area contributed by atoms with E-state index in [0.717, 1.165) is 19.3 Å². The van der Waals surface area contributed by atoms with Gasteiger partial charge in [0.15, 0.2) is 11.9 Å². The van der Waals surface area contributed by atoms with Crippen LogP contribution in [0.25, 0.3) is 0 Å². The summed E-state index contributed by atoms with van der Waals surface area (Å²) in [5.41, 5.74) is 0. The van der Waals surface area contributed by atoms with Gasteiger partial charge in [-0.3, -0.25) is 9.32 Å². The summed E-state index contributed by atoms with van der Waals surface area (Å²) in [6.07, 6.45) is 19.3. The number of ketones is 1. The van der Waals surface area contributed by atoms with Crippen LogP contribution in [0.2, 0.25) is 0 Å². The Morgan fingerprint density at radius 3 is 1.58 bits per heavy atom. The SMILES string of the molecule is CCCCCCCCCCCCCCCCCCN(CCC(=O)C(C[N+](C)(C)C)OP(=O)(O)O)C(=O)NC. The van der Waals surface area contributed by atoms with Crippen molar-refractivity contribution in [1.82, 2.24) is 10.2 Å². The number of quaternary nitrogens is 1. The van der Waals surface area contributed by atoms with Crippen molar-refractivity contribution in [2.24, 2.45) is 0 Å². The predicted octanol–water partition coefficient (Wildman–Crippen LogP) is 6.03. The highest BCUT2D eigenvalue weighted by Crippen LogP contribution is 2.38. The molecule has 226 valence electrons. The fourth-order valence-electron chi connectivity index (χ4n) is 4.59. The first-order valence-corrected chi connectivity index (χ1v) is 16.5. The average molecular weight is 565 g/mol. The molecule has 1 atom stereocenters. The van der Waals surface area contributed by atoms with Gasteiger partial charge in [-0.2, -0.15) is 0 Å². The smallest absolute Gasteiger partial charge is 0.341 e. The molecule has 0 saturated heterocycles. The van der Waals surface area contributed by atoms with Crippen LogP contribution >= 0.6 is 7.82 Å². The van der Waals surface area contributed by atoms with E-state index in [9.17, 15) is 23.9 Å². The number of amides is 2. The molecule has 0 rings (SSSR count). The molecule has 0 fully saturated rings. The van der Waals surface area contributed by atoms with Crippen molar-refractivity contribution in [3.63, 3.8) is 0 Å². The number of nitrogens with one attached hydrogen (secondary N) is 1. The Balaban J connectivity index is 4.12. The van der Waals surface area contributed by atoms with Gasteiger partial charge in [-0.25, -0.2) is 9.36 Å². The lowest BCUT2D eigenvalue weighted by Gasteiger charge is -2.29. The lowest BCUT2D eigenvalue weighted by atomic mass is 10.0. The Labute approximate surface area is 232 Å². The van der Waals surface area contributed by atoms with Gasteiger partial charge in [0.05, 0.1) is 21.1 Å². The van der Waals surface area contributed by atoms with Crippen LogP contribution in [0, 0.1) is 0 Å². The third kappa shape index (κ3) is 22.9. The molecular formula is C28H59N3O6P+. The molecule has 0 aromatic rings. The van der Waals surface area contributed by atoms with Crippen molar-refractivity contribution >= 4 is 19.6 Å². The van der Waals surface area contributed by atoms with Gasteiger partial charge in [-0.1, -0.05) is 103 Å². The van der Waals surface area contributed by atoms with Gasteiger partial charge >= 0.3 is 13.9 Å². The molecule has 0 aromatic carbocycles. The molecule has 0 heterocycles. The Morgan fingerprint density at radius 2 is 1.21 bits per heavy atom. The molecule has 1 unspecified atom stereocenters. The maximum atomic E-state index is 12.7. The number of carbonyl (C=O) groups is 2. The van der Waals surface area contributed by atoms with Crippen molar-refractivity contribution in [2.45, 2.75) is 122 Å². The largest absolute Gasteiger partial charge is 0.470 e. The van der Waals surface area contributed by atoms with Gasteiger partial charge in [-0.05, 0) is 6.42 Å². The Bertz CT molecular complexity index is 665. The van der Waals surface area contributed by atoms with E-state index in [-0.39, 0.29) is 25.5 Å². The zero-order chi connectivity index (χ0) is 28.9. The van der Waals surface area contributed by atoms with Crippen molar-refractivity contribution in [3.05, 3.63) is 0 Å². The summed E-state index contributed by atoms with van der Waals surface area (Å²) in [5, 5.41) is 2.62. The predicted molar refractivity (Wildman–Crippen MR) is 155 cm³/mol. The molecule has 0 aliphatic carbocycles. The number of phosphoric ester groups is 1. The van der Waals surface area contributed by atoms with Crippen LogP contribution in [0.1, 0.15) is 116 Å². The second-order valence-corrected chi connectivity index (χ2v) is 12.8. The summed E-state index contributed by atoms with van der Waals surface area (Å²) in [4.78, 5) is 45.0. The van der Waals surface area contributed by atoms with E-state index >= 15 is 0 Å². The summed E-state index contributed by atoms with van der Waals surface area (Å²) in [5.74, 6) is -0.415. The molecular weight excluding hydrogens is 505 g/mol. The number of carbonyl (C=O) groups excluding carboxylic acids is 2. The van der Waals surface area contributed by atoms with Crippen LogP contribution in [-0.2, 0) is 13.9 Å². The van der Waals surface area contributed by atoms with Gasteiger partial charge in [0, 0.05) is 26.6 Å². The van der Waals surface area contributed by atoms with Gasteiger partial charge in [0.1, 0.15) is 6.54 Å². The molecule has 3 N–H and O–H groups in total. The van der Waals surface area contributed by atoms with E-state index in [1.165, 1.54) is 83.5 Å². The normalized spacial score (nSPS) is 12.9. The molecule has 10 heteroatoms. The third-order valence-electron chi connectivity index (χ3n) is 6.75. The quantitative estimate of drug-likeness (QED) is 0.0708. The number of hydrogen-bond donors (Lipinski definition) is 3. The van der Waals surface area contributed by atoms with E-state index in [1.807, 2.05) is 21.1 Å². The van der Waals surface area contributed by atoms with Gasteiger partial charge in [0.25, 0.3) is 0 Å². The van der Waals surface area contributed by atoms with Crippen molar-refractivity contribution < 1.29 is 32.9 Å². The number of phosphoric acid groups is 1. The van der Waals surface area contributed by atoms with E-state index in [0.29, 0.717) is 11.0 Å². The van der Waals surface area contributed by atoms with Crippen LogP contribution in [0.15, 0.2) is 0 Å². The minimum Gasteiger partial charge on any atom is -0.341 e. The highest BCUT2D eigenvalue weighted by atomic mass is 31.2. The number of urea groups is 1. The van der Waals surface area contributed by atoms with Crippen molar-refractivity contribution in [1.29, 1.82) is 0 Å². The van der Waals surface area contributed by atoms with Crippen LogP contribution in [0.3, 0.4) is 0 Å². The second-order valence-electron chi connectivity index (χ2n) is 11.6. The maximum absolute atomic E-state index is 12.7. The first-order chi connectivity index (χ1) is 17.9. The summed E-state index contributed by atoms with van der Waals surface area (Å²) in [7, 11) is 2.20. The monoisotopic (exact) mass is 564 g/mol. The van der Waals surface area contributed by atoms with Crippen LogP contribution in [0.5, 0.6) is 0 Å². The highest BCUT2D eigenvalue weighted by molar-refractivity contribution is 7.46. The molecule has 0 aliphatic rings. The lowest BCUT2D eigenvalue weighted by molar-refractivity contribution is -0.872. The molecule has 9 nitrogen and oxygen atoms in total. The lowest BCUT2D eigenvalue weighted by Crippen LogP contribution is -2.46. The maximum Gasteiger partial charge on any atom is 0.470 e. The first-order valence-electron chi connectivity index (χ1n) is 14.9. The molecule has 38 heavy (non-hydrogen) atoms. The zero-order valence-corrected chi connectivity index (χ0v) is 26.0. The molecule has 0 aromatic heterocycles. The first kappa shape index (κ1) is 37.0. The summed E-state index contributed by atoms with van der Waals surface area (Å²) < 4.78 is 16.4. The molecule has 2 amide bonds. The van der Waals surface area contributed by atoms with E-state index in [4.69, 9.17) is 4.52 Å². The van der Waals surface area contributed by atoms with Crippen LogP contribution in [0.4, 0.5) is 4.79 Å². The van der Waals surface area contributed by atoms with Crippen LogP contribution < -0.4 is 5.32 Å².